The highest BCUT2D eigenvalue weighted by atomic mass is 16.6. The van der Waals surface area contributed by atoms with Crippen molar-refractivity contribution >= 4 is 23.0 Å². The van der Waals surface area contributed by atoms with Gasteiger partial charge in [0.15, 0.2) is 0 Å². The third-order valence-electron chi connectivity index (χ3n) is 2.74. The first-order chi connectivity index (χ1) is 10.0. The SMILES string of the molecule is Cc1cncc(NC(=O)c2cc(NN)ccc2[N+](=O)[O-])c1. The number of pyridine rings is 1. The topological polar surface area (TPSA) is 123 Å². The number of rotatable bonds is 4. The maximum atomic E-state index is 12.2. The van der Waals surface area contributed by atoms with E-state index < -0.39 is 10.8 Å². The number of aromatic nitrogens is 1. The Labute approximate surface area is 120 Å². The summed E-state index contributed by atoms with van der Waals surface area (Å²) in [6.07, 6.45) is 3.10. The summed E-state index contributed by atoms with van der Waals surface area (Å²) in [6, 6.07) is 5.67. The zero-order chi connectivity index (χ0) is 15.4. The number of nitrogens with two attached hydrogens (primary N) is 1. The minimum Gasteiger partial charge on any atom is -0.324 e. The van der Waals surface area contributed by atoms with Crippen LogP contribution in [-0.4, -0.2) is 15.8 Å². The molecular formula is C13H13N5O3. The van der Waals surface area contributed by atoms with Crippen molar-refractivity contribution in [2.24, 2.45) is 5.84 Å². The van der Waals surface area contributed by atoms with Crippen molar-refractivity contribution in [3.63, 3.8) is 0 Å². The lowest BCUT2D eigenvalue weighted by atomic mass is 10.1. The molecule has 1 heterocycles. The summed E-state index contributed by atoms with van der Waals surface area (Å²) in [5.41, 5.74) is 3.68. The van der Waals surface area contributed by atoms with E-state index in [0.29, 0.717) is 11.4 Å². The number of carbonyl (C=O) groups is 1. The lowest BCUT2D eigenvalue weighted by molar-refractivity contribution is -0.385. The minimum atomic E-state index is -0.621. The molecule has 0 saturated carbocycles. The average Bonchev–Trinajstić information content (AvgIpc) is 2.46. The van der Waals surface area contributed by atoms with Crippen LogP contribution in [0, 0.1) is 17.0 Å². The second kappa shape index (κ2) is 5.97. The average molecular weight is 287 g/mol. The van der Waals surface area contributed by atoms with Crippen molar-refractivity contribution in [2.75, 3.05) is 10.7 Å². The number of benzene rings is 1. The molecule has 108 valence electrons. The van der Waals surface area contributed by atoms with E-state index in [1.165, 1.54) is 24.4 Å². The summed E-state index contributed by atoms with van der Waals surface area (Å²) in [5.74, 6) is 4.65. The largest absolute Gasteiger partial charge is 0.324 e. The van der Waals surface area contributed by atoms with Gasteiger partial charge in [0.1, 0.15) is 5.56 Å². The Kier molecular flexibility index (Phi) is 4.10. The molecule has 0 spiro atoms. The van der Waals surface area contributed by atoms with Crippen LogP contribution in [-0.2, 0) is 0 Å². The highest BCUT2D eigenvalue weighted by Gasteiger charge is 2.20. The van der Waals surface area contributed by atoms with Crippen LogP contribution in [0.2, 0.25) is 0 Å². The second-order valence-electron chi connectivity index (χ2n) is 4.34. The van der Waals surface area contributed by atoms with Crippen LogP contribution in [0.25, 0.3) is 0 Å². The smallest absolute Gasteiger partial charge is 0.282 e. The van der Waals surface area contributed by atoms with Crippen LogP contribution in [0.15, 0.2) is 36.7 Å². The number of hydrogen-bond donors (Lipinski definition) is 3. The Morgan fingerprint density at radius 1 is 1.29 bits per heavy atom. The van der Waals surface area contributed by atoms with Gasteiger partial charge in [-0.2, -0.15) is 0 Å². The van der Waals surface area contributed by atoms with Gasteiger partial charge < -0.3 is 10.7 Å². The van der Waals surface area contributed by atoms with Crippen LogP contribution >= 0.6 is 0 Å². The summed E-state index contributed by atoms with van der Waals surface area (Å²) in [5, 5.41) is 13.6. The van der Waals surface area contributed by atoms with Gasteiger partial charge in [-0.05, 0) is 30.7 Å². The number of nitrogens with zero attached hydrogens (tertiary/aromatic N) is 2. The maximum Gasteiger partial charge on any atom is 0.282 e. The molecule has 0 saturated heterocycles. The number of hydrazine groups is 1. The Bertz CT molecular complexity index is 702. The lowest BCUT2D eigenvalue weighted by Crippen LogP contribution is -2.15. The van der Waals surface area contributed by atoms with Crippen molar-refractivity contribution in [1.82, 2.24) is 4.98 Å². The zero-order valence-electron chi connectivity index (χ0n) is 11.2. The number of nitro groups is 1. The molecule has 0 atom stereocenters. The van der Waals surface area contributed by atoms with Crippen molar-refractivity contribution in [2.45, 2.75) is 6.92 Å². The van der Waals surface area contributed by atoms with Crippen LogP contribution < -0.4 is 16.6 Å². The number of anilines is 2. The van der Waals surface area contributed by atoms with Gasteiger partial charge in [0.2, 0.25) is 0 Å². The van der Waals surface area contributed by atoms with Crippen LogP contribution in [0.1, 0.15) is 15.9 Å². The molecule has 1 amide bonds. The molecule has 4 N–H and O–H groups in total. The van der Waals surface area contributed by atoms with E-state index in [4.69, 9.17) is 5.84 Å². The maximum absolute atomic E-state index is 12.2. The second-order valence-corrected chi connectivity index (χ2v) is 4.34. The first-order valence-corrected chi connectivity index (χ1v) is 5.99. The lowest BCUT2D eigenvalue weighted by Gasteiger charge is -2.08. The summed E-state index contributed by atoms with van der Waals surface area (Å²) in [6.45, 7) is 1.82. The first-order valence-electron chi connectivity index (χ1n) is 5.99. The number of nitro benzene ring substituents is 1. The molecule has 0 unspecified atom stereocenters. The third-order valence-corrected chi connectivity index (χ3v) is 2.74. The van der Waals surface area contributed by atoms with Crippen molar-refractivity contribution < 1.29 is 9.72 Å². The van der Waals surface area contributed by atoms with E-state index in [2.05, 4.69) is 15.7 Å². The molecule has 21 heavy (non-hydrogen) atoms. The van der Waals surface area contributed by atoms with Crippen LogP contribution in [0.3, 0.4) is 0 Å². The molecule has 0 aliphatic carbocycles. The van der Waals surface area contributed by atoms with E-state index in [-0.39, 0.29) is 11.3 Å². The fraction of sp³-hybridized carbons (Fsp3) is 0.0769. The normalized spacial score (nSPS) is 10.0. The van der Waals surface area contributed by atoms with Gasteiger partial charge in [-0.1, -0.05) is 0 Å². The monoisotopic (exact) mass is 287 g/mol. The first kappa shape index (κ1) is 14.4. The summed E-state index contributed by atoms with van der Waals surface area (Å²) in [4.78, 5) is 26.5. The summed E-state index contributed by atoms with van der Waals surface area (Å²) >= 11 is 0. The van der Waals surface area contributed by atoms with Gasteiger partial charge >= 0.3 is 0 Å². The molecule has 8 heteroatoms. The van der Waals surface area contributed by atoms with Crippen molar-refractivity contribution in [3.8, 4) is 0 Å². The van der Waals surface area contributed by atoms with E-state index in [0.717, 1.165) is 5.56 Å². The Morgan fingerprint density at radius 3 is 2.67 bits per heavy atom. The van der Waals surface area contributed by atoms with Crippen LogP contribution in [0.5, 0.6) is 0 Å². The Morgan fingerprint density at radius 2 is 2.05 bits per heavy atom. The summed E-state index contributed by atoms with van der Waals surface area (Å²) < 4.78 is 0. The standard InChI is InChI=1S/C13H13N5O3/c1-8-4-10(7-15-6-8)16-13(19)11-5-9(17-14)2-3-12(11)18(20)21/h2-7,17H,14H2,1H3,(H,16,19). The van der Waals surface area contributed by atoms with Crippen molar-refractivity contribution in [3.05, 3.63) is 57.9 Å². The molecule has 2 aromatic rings. The Hall–Kier alpha value is -3.00. The minimum absolute atomic E-state index is 0.0862. The number of aryl methyl sites for hydroxylation is 1. The third kappa shape index (κ3) is 3.31. The molecular weight excluding hydrogens is 274 g/mol. The van der Waals surface area contributed by atoms with E-state index in [1.807, 2.05) is 6.92 Å². The van der Waals surface area contributed by atoms with Gasteiger partial charge in [0.25, 0.3) is 11.6 Å². The molecule has 0 fully saturated rings. The highest BCUT2D eigenvalue weighted by Crippen LogP contribution is 2.23. The van der Waals surface area contributed by atoms with E-state index in [9.17, 15) is 14.9 Å². The van der Waals surface area contributed by atoms with Gasteiger partial charge in [-0.3, -0.25) is 25.7 Å². The number of nitrogen functional groups attached to an aromatic ring is 1. The predicted octanol–water partition coefficient (Wildman–Crippen LogP) is 1.84. The fourth-order valence-electron chi connectivity index (χ4n) is 1.79. The molecule has 0 aliphatic heterocycles. The molecule has 1 aromatic carbocycles. The van der Waals surface area contributed by atoms with Gasteiger partial charge in [-0.15, -0.1) is 0 Å². The predicted molar refractivity (Wildman–Crippen MR) is 77.8 cm³/mol. The zero-order valence-corrected chi connectivity index (χ0v) is 11.2. The molecule has 0 radical (unpaired) electrons. The fourth-order valence-corrected chi connectivity index (χ4v) is 1.79. The number of hydrogen-bond acceptors (Lipinski definition) is 6. The molecule has 8 nitrogen and oxygen atoms in total. The molecule has 1 aromatic heterocycles. The van der Waals surface area contributed by atoms with Gasteiger partial charge in [0, 0.05) is 18.0 Å². The number of carbonyl (C=O) groups excluding carboxylic acids is 1. The van der Waals surface area contributed by atoms with Crippen LogP contribution in [0.4, 0.5) is 17.1 Å². The number of amides is 1. The van der Waals surface area contributed by atoms with E-state index >= 15 is 0 Å². The van der Waals surface area contributed by atoms with E-state index in [1.54, 1.807) is 12.3 Å². The highest BCUT2D eigenvalue weighted by molar-refractivity contribution is 6.07. The van der Waals surface area contributed by atoms with Gasteiger partial charge in [0.05, 0.1) is 16.8 Å². The van der Waals surface area contributed by atoms with Crippen molar-refractivity contribution in [1.29, 1.82) is 0 Å². The quantitative estimate of drug-likeness (QED) is 0.448. The molecule has 2 rings (SSSR count). The number of nitrogens with one attached hydrogen (secondary N) is 2. The van der Waals surface area contributed by atoms with Gasteiger partial charge in [-0.25, -0.2) is 0 Å². The summed E-state index contributed by atoms with van der Waals surface area (Å²) in [7, 11) is 0. The Balaban J connectivity index is 2.35. The molecule has 0 aliphatic rings. The molecule has 0 bridgehead atoms.